The first-order chi connectivity index (χ1) is 12.5. The van der Waals surface area contributed by atoms with Crippen molar-refractivity contribution in [1.82, 2.24) is 20.7 Å². The first kappa shape index (κ1) is 21.6. The number of rotatable bonds is 5. The summed E-state index contributed by atoms with van der Waals surface area (Å²) in [6.45, 7) is 5.54. The zero-order valence-electron chi connectivity index (χ0n) is 15.3. The van der Waals surface area contributed by atoms with Crippen LogP contribution in [0.1, 0.15) is 38.6 Å². The normalized spacial score (nSPS) is 18.7. The van der Waals surface area contributed by atoms with E-state index in [1.54, 1.807) is 26.2 Å². The molecule has 0 radical (unpaired) electrons. The number of hydrazine groups is 1. The summed E-state index contributed by atoms with van der Waals surface area (Å²) >= 11 is 4.62. The molecule has 0 saturated carbocycles. The Bertz CT molecular complexity index is 705. The molecule has 9 nitrogen and oxygen atoms in total. The lowest BCUT2D eigenvalue weighted by molar-refractivity contribution is -0.147. The predicted molar refractivity (Wildman–Crippen MR) is 102 cm³/mol. The van der Waals surface area contributed by atoms with Crippen LogP contribution in [0.4, 0.5) is 4.79 Å². The summed E-state index contributed by atoms with van der Waals surface area (Å²) in [5.41, 5.74) is 2.00. The SMILES string of the molecule is CC(C)(C)OC(=O)N[C@@H](Cc1nc(Br)cs1)C(=O)N1CCCC(C(=O)O)N1. The smallest absolute Gasteiger partial charge is 0.408 e. The highest BCUT2D eigenvalue weighted by Crippen LogP contribution is 2.18. The van der Waals surface area contributed by atoms with Gasteiger partial charge in [-0.15, -0.1) is 11.3 Å². The molecule has 1 saturated heterocycles. The Morgan fingerprint density at radius 1 is 1.52 bits per heavy atom. The highest BCUT2D eigenvalue weighted by Gasteiger charge is 2.33. The summed E-state index contributed by atoms with van der Waals surface area (Å²) in [4.78, 5) is 40.6. The lowest BCUT2D eigenvalue weighted by atomic mass is 10.1. The molecule has 2 atom stereocenters. The van der Waals surface area contributed by atoms with Gasteiger partial charge >= 0.3 is 12.1 Å². The molecule has 150 valence electrons. The molecule has 2 rings (SSSR count). The summed E-state index contributed by atoms with van der Waals surface area (Å²) < 4.78 is 5.89. The first-order valence-corrected chi connectivity index (χ1v) is 10.1. The number of nitrogens with one attached hydrogen (secondary N) is 2. The Morgan fingerprint density at radius 3 is 2.78 bits per heavy atom. The number of aromatic nitrogens is 1. The van der Waals surface area contributed by atoms with Crippen LogP contribution in [-0.4, -0.2) is 57.3 Å². The average Bonchev–Trinajstić information content (AvgIpc) is 2.97. The van der Waals surface area contributed by atoms with Gasteiger partial charge in [0.1, 0.15) is 22.3 Å². The maximum absolute atomic E-state index is 12.9. The van der Waals surface area contributed by atoms with E-state index in [1.807, 2.05) is 0 Å². The van der Waals surface area contributed by atoms with Crippen molar-refractivity contribution in [2.45, 2.75) is 57.7 Å². The van der Waals surface area contributed by atoms with Gasteiger partial charge in [-0.25, -0.2) is 15.2 Å². The van der Waals surface area contributed by atoms with E-state index >= 15 is 0 Å². The molecular weight excluding hydrogens is 440 g/mol. The van der Waals surface area contributed by atoms with Crippen LogP contribution in [0.15, 0.2) is 9.98 Å². The van der Waals surface area contributed by atoms with Crippen LogP contribution in [0.2, 0.25) is 0 Å². The Hall–Kier alpha value is -1.72. The molecular formula is C16H23BrN4O5S. The molecule has 1 aromatic heterocycles. The molecule has 0 spiro atoms. The number of alkyl carbamates (subject to hydrolysis) is 1. The molecule has 1 aromatic rings. The number of carbonyl (C=O) groups excluding carboxylic acids is 2. The molecule has 1 fully saturated rings. The van der Waals surface area contributed by atoms with Gasteiger partial charge in [0.05, 0.1) is 5.01 Å². The number of carboxylic acid groups (broad SMARTS) is 1. The largest absolute Gasteiger partial charge is 0.480 e. The van der Waals surface area contributed by atoms with E-state index in [0.717, 1.165) is 0 Å². The first-order valence-electron chi connectivity index (χ1n) is 8.45. The molecule has 3 N–H and O–H groups in total. The van der Waals surface area contributed by atoms with Crippen molar-refractivity contribution in [1.29, 1.82) is 0 Å². The zero-order valence-corrected chi connectivity index (χ0v) is 17.7. The van der Waals surface area contributed by atoms with Crippen molar-refractivity contribution >= 4 is 45.2 Å². The van der Waals surface area contributed by atoms with Crippen molar-refractivity contribution in [2.24, 2.45) is 0 Å². The van der Waals surface area contributed by atoms with Gasteiger partial charge in [0, 0.05) is 18.3 Å². The maximum Gasteiger partial charge on any atom is 0.408 e. The summed E-state index contributed by atoms with van der Waals surface area (Å²) in [6.07, 6.45) is 0.438. The number of carboxylic acids is 1. The summed E-state index contributed by atoms with van der Waals surface area (Å²) in [7, 11) is 0. The number of hydrogen-bond acceptors (Lipinski definition) is 7. The van der Waals surface area contributed by atoms with Gasteiger partial charge in [-0.3, -0.25) is 14.6 Å². The van der Waals surface area contributed by atoms with Crippen LogP contribution in [0.25, 0.3) is 0 Å². The van der Waals surface area contributed by atoms with Gasteiger partial charge in [0.15, 0.2) is 0 Å². The Kier molecular flexibility index (Phi) is 7.18. The average molecular weight is 463 g/mol. The summed E-state index contributed by atoms with van der Waals surface area (Å²) in [6, 6.07) is -1.77. The number of ether oxygens (including phenoxy) is 1. The van der Waals surface area contributed by atoms with E-state index in [2.05, 4.69) is 31.7 Å². The minimum Gasteiger partial charge on any atom is -0.480 e. The summed E-state index contributed by atoms with van der Waals surface area (Å²) in [5.74, 6) is -1.45. The van der Waals surface area contributed by atoms with Gasteiger partial charge in [-0.2, -0.15) is 0 Å². The van der Waals surface area contributed by atoms with Crippen molar-refractivity contribution in [3.63, 3.8) is 0 Å². The number of halogens is 1. The Labute approximate surface area is 169 Å². The molecule has 0 aliphatic carbocycles. The predicted octanol–water partition coefficient (Wildman–Crippen LogP) is 1.92. The lowest BCUT2D eigenvalue weighted by Gasteiger charge is -2.34. The molecule has 2 amide bonds. The number of nitrogens with zero attached hydrogens (tertiary/aromatic N) is 2. The zero-order chi connectivity index (χ0) is 20.2. The number of thiazole rings is 1. The number of amides is 2. The third-order valence-electron chi connectivity index (χ3n) is 3.64. The van der Waals surface area contributed by atoms with Gasteiger partial charge < -0.3 is 15.2 Å². The van der Waals surface area contributed by atoms with Crippen LogP contribution >= 0.6 is 27.3 Å². The minimum atomic E-state index is -1.02. The van der Waals surface area contributed by atoms with Crippen LogP contribution in [0.5, 0.6) is 0 Å². The topological polar surface area (TPSA) is 121 Å². The third-order valence-corrected chi connectivity index (χ3v) is 5.22. The van der Waals surface area contributed by atoms with Crippen LogP contribution in [0.3, 0.4) is 0 Å². The molecule has 11 heteroatoms. The van der Waals surface area contributed by atoms with E-state index in [-0.39, 0.29) is 6.42 Å². The third kappa shape index (κ3) is 6.74. The van der Waals surface area contributed by atoms with Crippen molar-refractivity contribution in [3.8, 4) is 0 Å². The van der Waals surface area contributed by atoms with Crippen molar-refractivity contribution in [2.75, 3.05) is 6.54 Å². The summed E-state index contributed by atoms with van der Waals surface area (Å²) in [5, 5.41) is 15.5. The monoisotopic (exact) mass is 462 g/mol. The van der Waals surface area contributed by atoms with E-state index < -0.39 is 35.7 Å². The second-order valence-electron chi connectivity index (χ2n) is 7.12. The van der Waals surface area contributed by atoms with Crippen LogP contribution < -0.4 is 10.7 Å². The number of aliphatic carboxylic acids is 1. The van der Waals surface area contributed by atoms with Crippen LogP contribution in [-0.2, 0) is 20.7 Å². The fraction of sp³-hybridized carbons (Fsp3) is 0.625. The second-order valence-corrected chi connectivity index (χ2v) is 8.87. The second kappa shape index (κ2) is 8.98. The lowest BCUT2D eigenvalue weighted by Crippen LogP contribution is -2.60. The molecule has 27 heavy (non-hydrogen) atoms. The van der Waals surface area contributed by atoms with Gasteiger partial charge in [0.2, 0.25) is 0 Å². The highest BCUT2D eigenvalue weighted by molar-refractivity contribution is 9.10. The number of carbonyl (C=O) groups is 3. The van der Waals surface area contributed by atoms with E-state index in [0.29, 0.717) is 29.0 Å². The Balaban J connectivity index is 2.13. The minimum absolute atomic E-state index is 0.171. The van der Waals surface area contributed by atoms with E-state index in [9.17, 15) is 19.5 Å². The quantitative estimate of drug-likeness (QED) is 0.610. The van der Waals surface area contributed by atoms with Crippen molar-refractivity contribution < 1.29 is 24.2 Å². The fourth-order valence-electron chi connectivity index (χ4n) is 2.52. The molecule has 1 aliphatic heterocycles. The molecule has 0 bridgehead atoms. The molecule has 1 unspecified atom stereocenters. The van der Waals surface area contributed by atoms with Crippen LogP contribution in [0, 0.1) is 0 Å². The van der Waals surface area contributed by atoms with E-state index in [1.165, 1.54) is 16.3 Å². The molecule has 2 heterocycles. The Morgan fingerprint density at radius 2 is 2.22 bits per heavy atom. The standard InChI is InChI=1S/C16H23BrN4O5S/c1-16(2,3)26-15(25)18-10(7-12-19-11(17)8-27-12)13(22)21-6-4-5-9(20-21)14(23)24/h8-10,20H,4-7H2,1-3H3,(H,18,25)(H,23,24)/t9?,10-/m0/s1. The maximum atomic E-state index is 12.9. The van der Waals surface area contributed by atoms with Crippen molar-refractivity contribution in [3.05, 3.63) is 15.0 Å². The van der Waals surface area contributed by atoms with Gasteiger partial charge in [-0.1, -0.05) is 0 Å². The van der Waals surface area contributed by atoms with E-state index in [4.69, 9.17) is 4.74 Å². The molecule has 1 aliphatic rings. The van der Waals surface area contributed by atoms with Gasteiger partial charge in [0.25, 0.3) is 5.91 Å². The number of hydrogen-bond donors (Lipinski definition) is 3. The van der Waals surface area contributed by atoms with Gasteiger partial charge in [-0.05, 0) is 49.5 Å². The fourth-order valence-corrected chi connectivity index (χ4v) is 3.83. The molecule has 0 aromatic carbocycles. The highest BCUT2D eigenvalue weighted by atomic mass is 79.9.